The summed E-state index contributed by atoms with van der Waals surface area (Å²) in [6, 6.07) is 18.1. The third-order valence-corrected chi connectivity index (χ3v) is 6.32. The van der Waals surface area contributed by atoms with Gasteiger partial charge in [-0.05, 0) is 42.5 Å². The summed E-state index contributed by atoms with van der Waals surface area (Å²) in [4.78, 5) is 15.7. The molecule has 0 unspecified atom stereocenters. The predicted molar refractivity (Wildman–Crippen MR) is 129 cm³/mol. The third kappa shape index (κ3) is 4.69. The van der Waals surface area contributed by atoms with E-state index in [0.717, 1.165) is 34.3 Å². The zero-order valence-electron chi connectivity index (χ0n) is 18.4. The van der Waals surface area contributed by atoms with Gasteiger partial charge >= 0.3 is 6.18 Å². The molecule has 0 aliphatic rings. The summed E-state index contributed by atoms with van der Waals surface area (Å²) in [5.41, 5.74) is 0.942. The number of nitrogens with zero attached hydrogens (tertiary/aromatic N) is 3. The lowest BCUT2D eigenvalue weighted by atomic mass is 10.1. The van der Waals surface area contributed by atoms with Crippen LogP contribution in [-0.4, -0.2) is 31.4 Å². The van der Waals surface area contributed by atoms with E-state index in [1.807, 2.05) is 24.3 Å². The van der Waals surface area contributed by atoms with Crippen LogP contribution in [0.2, 0.25) is 0 Å². The van der Waals surface area contributed by atoms with E-state index < -0.39 is 23.5 Å². The molecule has 0 saturated heterocycles. The molecule has 3 aromatic carbocycles. The number of rotatable bonds is 6. The average molecular weight is 512 g/mol. The van der Waals surface area contributed by atoms with Crippen LogP contribution >= 0.6 is 11.8 Å². The Morgan fingerprint density at radius 1 is 0.972 bits per heavy atom. The first-order valence-corrected chi connectivity index (χ1v) is 11.7. The number of alkyl halides is 3. The number of thioether (sulfide) groups is 1. The van der Waals surface area contributed by atoms with Crippen molar-refractivity contribution >= 4 is 34.3 Å². The molecule has 182 valence electrons. The molecule has 0 radical (unpaired) electrons. The van der Waals surface area contributed by atoms with Crippen LogP contribution in [0.15, 0.2) is 84.1 Å². The zero-order chi connectivity index (χ0) is 25.3. The summed E-state index contributed by atoms with van der Waals surface area (Å²) in [5.74, 6) is -0.819. The third-order valence-electron chi connectivity index (χ3n) is 5.39. The van der Waals surface area contributed by atoms with Gasteiger partial charge in [-0.2, -0.15) is 13.2 Å². The molecule has 1 amide bonds. The Labute approximate surface area is 206 Å². The van der Waals surface area contributed by atoms with Gasteiger partial charge in [0.05, 0.1) is 17.0 Å². The molecule has 0 spiro atoms. The Kier molecular flexibility index (Phi) is 6.23. The van der Waals surface area contributed by atoms with E-state index in [1.165, 1.54) is 30.3 Å². The first-order valence-electron chi connectivity index (χ1n) is 10.7. The maximum Gasteiger partial charge on any atom is 0.418 e. The summed E-state index contributed by atoms with van der Waals surface area (Å²) in [6.45, 7) is 0. The minimum Gasteiger partial charge on any atom is -0.360 e. The van der Waals surface area contributed by atoms with Crippen molar-refractivity contribution in [2.45, 2.75) is 11.3 Å². The van der Waals surface area contributed by atoms with Crippen LogP contribution in [0.1, 0.15) is 5.56 Å². The fourth-order valence-corrected chi connectivity index (χ4v) is 4.52. The molecule has 0 fully saturated rings. The quantitative estimate of drug-likeness (QED) is 0.207. The van der Waals surface area contributed by atoms with Crippen molar-refractivity contribution in [3.8, 4) is 17.1 Å². The van der Waals surface area contributed by atoms with Crippen LogP contribution in [0, 0.1) is 5.82 Å². The Bertz CT molecular complexity index is 1540. The number of carbonyl (C=O) groups excluding carboxylic acids is 1. The number of aromatic nitrogens is 4. The lowest BCUT2D eigenvalue weighted by Crippen LogP contribution is -2.18. The van der Waals surface area contributed by atoms with E-state index in [2.05, 4.69) is 20.5 Å². The minimum atomic E-state index is -4.60. The van der Waals surface area contributed by atoms with Crippen LogP contribution < -0.4 is 5.32 Å². The minimum absolute atomic E-state index is 0.223. The van der Waals surface area contributed by atoms with E-state index in [1.54, 1.807) is 22.9 Å². The number of anilines is 1. The van der Waals surface area contributed by atoms with Crippen molar-refractivity contribution in [1.82, 2.24) is 19.7 Å². The van der Waals surface area contributed by atoms with E-state index in [0.29, 0.717) is 16.7 Å². The number of carbonyl (C=O) groups is 1. The van der Waals surface area contributed by atoms with Gasteiger partial charge in [0.2, 0.25) is 5.91 Å². The van der Waals surface area contributed by atoms with Gasteiger partial charge in [0.1, 0.15) is 5.82 Å². The van der Waals surface area contributed by atoms with Crippen LogP contribution in [0.3, 0.4) is 0 Å². The summed E-state index contributed by atoms with van der Waals surface area (Å²) in [6.07, 6.45) is -2.82. The molecule has 2 N–H and O–H groups in total. The van der Waals surface area contributed by atoms with E-state index >= 15 is 0 Å². The van der Waals surface area contributed by atoms with Crippen molar-refractivity contribution in [2.24, 2.45) is 0 Å². The predicted octanol–water partition coefficient (Wildman–Crippen LogP) is 6.30. The number of amides is 1. The molecule has 36 heavy (non-hydrogen) atoms. The van der Waals surface area contributed by atoms with E-state index in [9.17, 15) is 22.4 Å². The maximum absolute atomic E-state index is 13.6. The maximum atomic E-state index is 13.6. The van der Waals surface area contributed by atoms with Crippen molar-refractivity contribution < 1.29 is 22.4 Å². The van der Waals surface area contributed by atoms with Crippen LogP contribution in [-0.2, 0) is 11.0 Å². The number of H-pyrrole nitrogens is 1. The highest BCUT2D eigenvalue weighted by molar-refractivity contribution is 7.99. The van der Waals surface area contributed by atoms with Gasteiger partial charge in [0, 0.05) is 28.4 Å². The van der Waals surface area contributed by atoms with Crippen LogP contribution in [0.4, 0.5) is 23.2 Å². The fraction of sp³-hybridized carbons (Fsp3) is 0.0800. The first kappa shape index (κ1) is 23.6. The fourth-order valence-electron chi connectivity index (χ4n) is 3.77. The molecule has 0 saturated carbocycles. The molecule has 0 atom stereocenters. The molecule has 0 bridgehead atoms. The highest BCUT2D eigenvalue weighted by Gasteiger charge is 2.33. The van der Waals surface area contributed by atoms with Crippen molar-refractivity contribution in [3.63, 3.8) is 0 Å². The molecule has 5 aromatic rings. The largest absolute Gasteiger partial charge is 0.418 e. The second kappa shape index (κ2) is 9.50. The van der Waals surface area contributed by atoms with E-state index in [4.69, 9.17) is 0 Å². The number of hydrogen-bond donors (Lipinski definition) is 2. The molecule has 6 nitrogen and oxygen atoms in total. The van der Waals surface area contributed by atoms with Crippen molar-refractivity contribution in [2.75, 3.05) is 11.1 Å². The molecular formula is C25H17F4N5OS. The first-order chi connectivity index (χ1) is 17.3. The molecule has 2 aromatic heterocycles. The molecule has 0 aliphatic heterocycles. The Balaban J connectivity index is 1.45. The van der Waals surface area contributed by atoms with Gasteiger partial charge in [-0.1, -0.05) is 42.1 Å². The molecule has 0 aliphatic carbocycles. The van der Waals surface area contributed by atoms with Gasteiger partial charge in [-0.3, -0.25) is 9.36 Å². The number of hydrogen-bond acceptors (Lipinski definition) is 4. The number of aromatic amines is 1. The Hall–Kier alpha value is -4.12. The van der Waals surface area contributed by atoms with E-state index in [-0.39, 0.29) is 11.4 Å². The molecule has 5 rings (SSSR count). The lowest BCUT2D eigenvalue weighted by Gasteiger charge is -2.13. The SMILES string of the molecule is O=C(CSc1nnc(-c2c[nH]c3ccccc23)n1-c1ccc(F)cc1)Nc1ccccc1C(F)(F)F. The Morgan fingerprint density at radius 2 is 1.69 bits per heavy atom. The summed E-state index contributed by atoms with van der Waals surface area (Å²) in [7, 11) is 0. The van der Waals surface area contributed by atoms with Crippen molar-refractivity contribution in [3.05, 3.63) is 90.4 Å². The number of fused-ring (bicyclic) bond motifs is 1. The number of halogens is 4. The van der Waals surface area contributed by atoms with Crippen molar-refractivity contribution in [1.29, 1.82) is 0 Å². The van der Waals surface area contributed by atoms with Gasteiger partial charge < -0.3 is 10.3 Å². The van der Waals surface area contributed by atoms with Crippen LogP contribution in [0.25, 0.3) is 28.0 Å². The molecular weight excluding hydrogens is 494 g/mol. The highest BCUT2D eigenvalue weighted by Crippen LogP contribution is 2.35. The number of para-hydroxylation sites is 2. The van der Waals surface area contributed by atoms with Gasteiger partial charge in [-0.15, -0.1) is 10.2 Å². The average Bonchev–Trinajstić information content (AvgIpc) is 3.47. The lowest BCUT2D eigenvalue weighted by molar-refractivity contribution is -0.137. The number of nitrogens with one attached hydrogen (secondary N) is 2. The summed E-state index contributed by atoms with van der Waals surface area (Å²) >= 11 is 1.00. The normalized spacial score (nSPS) is 11.7. The zero-order valence-corrected chi connectivity index (χ0v) is 19.2. The highest BCUT2D eigenvalue weighted by atomic mass is 32.2. The smallest absolute Gasteiger partial charge is 0.360 e. The Morgan fingerprint density at radius 3 is 2.47 bits per heavy atom. The second-order valence-corrected chi connectivity index (χ2v) is 8.69. The van der Waals surface area contributed by atoms with Crippen LogP contribution in [0.5, 0.6) is 0 Å². The summed E-state index contributed by atoms with van der Waals surface area (Å²) < 4.78 is 55.1. The van der Waals surface area contributed by atoms with Gasteiger partial charge in [0.25, 0.3) is 0 Å². The van der Waals surface area contributed by atoms with Gasteiger partial charge in [-0.25, -0.2) is 4.39 Å². The standard InChI is InChI=1S/C25H17F4N5OS/c26-15-9-11-16(12-10-15)34-23(18-13-30-20-7-3-1-5-17(18)20)32-33-24(34)36-14-22(35)31-21-8-4-2-6-19(21)25(27,28)29/h1-13,30H,14H2,(H,31,35). The summed E-state index contributed by atoms with van der Waals surface area (Å²) in [5, 5.41) is 12.1. The topological polar surface area (TPSA) is 75.6 Å². The second-order valence-electron chi connectivity index (χ2n) is 7.75. The number of benzene rings is 3. The molecule has 2 heterocycles. The van der Waals surface area contributed by atoms with Gasteiger partial charge in [0.15, 0.2) is 11.0 Å². The monoisotopic (exact) mass is 511 g/mol. The molecule has 11 heteroatoms.